The van der Waals surface area contributed by atoms with Crippen molar-refractivity contribution in [2.75, 3.05) is 5.73 Å². The van der Waals surface area contributed by atoms with E-state index in [2.05, 4.69) is 32.6 Å². The molecule has 0 aliphatic heterocycles. The molecule has 0 heterocycles. The Morgan fingerprint density at radius 1 is 1.38 bits per heavy atom. The first-order chi connectivity index (χ1) is 6.02. The molecule has 0 radical (unpaired) electrons. The molecule has 0 amide bonds. The SMILES string of the molecule is C=C(C)c1ccc(C(C)C)c(N)c1. The van der Waals surface area contributed by atoms with Crippen LogP contribution < -0.4 is 5.73 Å². The molecule has 0 bridgehead atoms. The van der Waals surface area contributed by atoms with E-state index in [-0.39, 0.29) is 0 Å². The number of rotatable bonds is 2. The van der Waals surface area contributed by atoms with Crippen molar-refractivity contribution >= 4 is 11.3 Å². The fraction of sp³-hybridized carbons (Fsp3) is 0.333. The highest BCUT2D eigenvalue weighted by Gasteiger charge is 2.04. The van der Waals surface area contributed by atoms with Crippen LogP contribution >= 0.6 is 0 Å². The van der Waals surface area contributed by atoms with Crippen LogP contribution in [0.15, 0.2) is 24.8 Å². The molecule has 0 atom stereocenters. The lowest BCUT2D eigenvalue weighted by Crippen LogP contribution is -1.97. The summed E-state index contributed by atoms with van der Waals surface area (Å²) >= 11 is 0. The minimum atomic E-state index is 0.485. The quantitative estimate of drug-likeness (QED) is 0.685. The standard InChI is InChI=1S/C12H17N/c1-8(2)10-5-6-11(9(3)4)12(13)7-10/h5-7,9H,1,13H2,2-4H3. The summed E-state index contributed by atoms with van der Waals surface area (Å²) in [5.41, 5.74) is 10.2. The van der Waals surface area contributed by atoms with Crippen LogP contribution in [-0.2, 0) is 0 Å². The molecule has 0 saturated carbocycles. The van der Waals surface area contributed by atoms with Crippen LogP contribution in [0.5, 0.6) is 0 Å². The Bertz CT molecular complexity index is 324. The number of nitrogen functional groups attached to an aromatic ring is 1. The van der Waals surface area contributed by atoms with Crippen LogP contribution in [0, 0.1) is 0 Å². The molecular weight excluding hydrogens is 158 g/mol. The molecule has 1 aromatic carbocycles. The number of benzene rings is 1. The molecule has 13 heavy (non-hydrogen) atoms. The van der Waals surface area contributed by atoms with Crippen molar-refractivity contribution < 1.29 is 0 Å². The summed E-state index contributed by atoms with van der Waals surface area (Å²) in [6, 6.07) is 6.16. The molecule has 1 nitrogen and oxygen atoms in total. The van der Waals surface area contributed by atoms with Gasteiger partial charge in [-0.2, -0.15) is 0 Å². The number of nitrogens with two attached hydrogens (primary N) is 1. The summed E-state index contributed by atoms with van der Waals surface area (Å²) in [7, 11) is 0. The van der Waals surface area contributed by atoms with E-state index in [0.717, 1.165) is 16.8 Å². The topological polar surface area (TPSA) is 26.0 Å². The zero-order valence-corrected chi connectivity index (χ0v) is 8.59. The molecule has 1 heteroatoms. The summed E-state index contributed by atoms with van der Waals surface area (Å²) in [6.45, 7) is 10.2. The number of anilines is 1. The van der Waals surface area contributed by atoms with Crippen molar-refractivity contribution in [2.24, 2.45) is 0 Å². The summed E-state index contributed by atoms with van der Waals surface area (Å²) in [5.74, 6) is 0.485. The largest absolute Gasteiger partial charge is 0.398 e. The Morgan fingerprint density at radius 3 is 2.38 bits per heavy atom. The third kappa shape index (κ3) is 2.11. The van der Waals surface area contributed by atoms with Gasteiger partial charge in [0.25, 0.3) is 0 Å². The Balaban J connectivity index is 3.13. The van der Waals surface area contributed by atoms with Crippen molar-refractivity contribution in [2.45, 2.75) is 26.7 Å². The first-order valence-electron chi connectivity index (χ1n) is 4.57. The normalized spacial score (nSPS) is 10.5. The lowest BCUT2D eigenvalue weighted by molar-refractivity contribution is 0.870. The second-order valence-corrected chi connectivity index (χ2v) is 3.78. The molecule has 0 fully saturated rings. The first kappa shape index (κ1) is 9.85. The van der Waals surface area contributed by atoms with E-state index < -0.39 is 0 Å². The predicted molar refractivity (Wildman–Crippen MR) is 59.7 cm³/mol. The summed E-state index contributed by atoms with van der Waals surface area (Å²) in [6.07, 6.45) is 0. The van der Waals surface area contributed by atoms with Crippen LogP contribution in [0.3, 0.4) is 0 Å². The van der Waals surface area contributed by atoms with Crippen LogP contribution in [0.1, 0.15) is 37.8 Å². The molecule has 0 aromatic heterocycles. The van der Waals surface area contributed by atoms with Gasteiger partial charge in [-0.1, -0.05) is 38.1 Å². The second-order valence-electron chi connectivity index (χ2n) is 3.78. The van der Waals surface area contributed by atoms with Gasteiger partial charge in [-0.15, -0.1) is 0 Å². The third-order valence-corrected chi connectivity index (χ3v) is 2.20. The average Bonchev–Trinajstić information content (AvgIpc) is 2.03. The van der Waals surface area contributed by atoms with E-state index in [4.69, 9.17) is 5.73 Å². The van der Waals surface area contributed by atoms with E-state index >= 15 is 0 Å². The lowest BCUT2D eigenvalue weighted by Gasteiger charge is -2.10. The maximum atomic E-state index is 5.92. The highest BCUT2D eigenvalue weighted by Crippen LogP contribution is 2.24. The van der Waals surface area contributed by atoms with Crippen LogP contribution in [-0.4, -0.2) is 0 Å². The molecule has 0 unspecified atom stereocenters. The Hall–Kier alpha value is -1.24. The highest BCUT2D eigenvalue weighted by atomic mass is 14.6. The van der Waals surface area contributed by atoms with Crippen molar-refractivity contribution in [3.8, 4) is 0 Å². The monoisotopic (exact) mass is 175 g/mol. The third-order valence-electron chi connectivity index (χ3n) is 2.20. The fourth-order valence-corrected chi connectivity index (χ4v) is 1.37. The van der Waals surface area contributed by atoms with Gasteiger partial charge in [-0.25, -0.2) is 0 Å². The maximum absolute atomic E-state index is 5.92. The van der Waals surface area contributed by atoms with Crippen molar-refractivity contribution in [3.05, 3.63) is 35.9 Å². The van der Waals surface area contributed by atoms with Gasteiger partial charge in [0.15, 0.2) is 0 Å². The van der Waals surface area contributed by atoms with E-state index in [1.807, 2.05) is 13.0 Å². The van der Waals surface area contributed by atoms with Gasteiger partial charge in [-0.05, 0) is 30.0 Å². The molecule has 0 spiro atoms. The molecule has 1 aromatic rings. The molecule has 0 aliphatic rings. The van der Waals surface area contributed by atoms with E-state index in [1.165, 1.54) is 5.56 Å². The van der Waals surface area contributed by atoms with Gasteiger partial charge in [0, 0.05) is 5.69 Å². The van der Waals surface area contributed by atoms with E-state index in [1.54, 1.807) is 0 Å². The first-order valence-corrected chi connectivity index (χ1v) is 4.57. The fourth-order valence-electron chi connectivity index (χ4n) is 1.37. The van der Waals surface area contributed by atoms with Gasteiger partial charge in [-0.3, -0.25) is 0 Å². The van der Waals surface area contributed by atoms with Crippen LogP contribution in [0.2, 0.25) is 0 Å². The van der Waals surface area contributed by atoms with E-state index in [0.29, 0.717) is 5.92 Å². The van der Waals surface area contributed by atoms with Gasteiger partial charge >= 0.3 is 0 Å². The van der Waals surface area contributed by atoms with Crippen molar-refractivity contribution in [3.63, 3.8) is 0 Å². The second kappa shape index (κ2) is 3.65. The minimum Gasteiger partial charge on any atom is -0.398 e. The molecule has 70 valence electrons. The lowest BCUT2D eigenvalue weighted by atomic mass is 9.98. The van der Waals surface area contributed by atoms with E-state index in [9.17, 15) is 0 Å². The Kier molecular flexibility index (Phi) is 2.76. The van der Waals surface area contributed by atoms with Crippen molar-refractivity contribution in [1.29, 1.82) is 0 Å². The Labute approximate surface area is 80.3 Å². The number of hydrogen-bond donors (Lipinski definition) is 1. The Morgan fingerprint density at radius 2 is 2.00 bits per heavy atom. The van der Waals surface area contributed by atoms with Crippen LogP contribution in [0.25, 0.3) is 5.57 Å². The van der Waals surface area contributed by atoms with Gasteiger partial charge < -0.3 is 5.73 Å². The summed E-state index contributed by atoms with van der Waals surface area (Å²) in [5, 5.41) is 0. The van der Waals surface area contributed by atoms with Crippen LogP contribution in [0.4, 0.5) is 5.69 Å². The van der Waals surface area contributed by atoms with Gasteiger partial charge in [0.1, 0.15) is 0 Å². The summed E-state index contributed by atoms with van der Waals surface area (Å²) in [4.78, 5) is 0. The molecule has 1 rings (SSSR count). The smallest absolute Gasteiger partial charge is 0.0355 e. The van der Waals surface area contributed by atoms with Crippen molar-refractivity contribution in [1.82, 2.24) is 0 Å². The molecule has 2 N–H and O–H groups in total. The minimum absolute atomic E-state index is 0.485. The zero-order chi connectivity index (χ0) is 10.0. The highest BCUT2D eigenvalue weighted by molar-refractivity contribution is 5.66. The summed E-state index contributed by atoms with van der Waals surface area (Å²) < 4.78 is 0. The molecule has 0 aliphatic carbocycles. The zero-order valence-electron chi connectivity index (χ0n) is 8.59. The molecular formula is C12H17N. The average molecular weight is 175 g/mol. The van der Waals surface area contributed by atoms with Gasteiger partial charge in [0.05, 0.1) is 0 Å². The van der Waals surface area contributed by atoms with Gasteiger partial charge in [0.2, 0.25) is 0 Å². The number of allylic oxidation sites excluding steroid dienone is 1. The number of hydrogen-bond acceptors (Lipinski definition) is 1. The maximum Gasteiger partial charge on any atom is 0.0355 e. The predicted octanol–water partition coefficient (Wildman–Crippen LogP) is 3.43. The molecule has 0 saturated heterocycles.